The number of aromatic amines is 1. The van der Waals surface area contributed by atoms with Crippen LogP contribution in [0.3, 0.4) is 0 Å². The summed E-state index contributed by atoms with van der Waals surface area (Å²) in [4.78, 5) is 53.0. The maximum atomic E-state index is 13.3. The first-order valence-electron chi connectivity index (χ1n) is 20.5. The molecule has 3 aliphatic rings. The second kappa shape index (κ2) is 14.9. The lowest BCUT2D eigenvalue weighted by Crippen LogP contribution is -2.52. The molecular weight excluding hydrogens is 719 g/mol. The number of hydrogen-bond acceptors (Lipinski definition) is 9. The zero-order valence-corrected chi connectivity index (χ0v) is 33.1. The van der Waals surface area contributed by atoms with Crippen LogP contribution in [0, 0.1) is 20.8 Å². The van der Waals surface area contributed by atoms with Crippen LogP contribution >= 0.6 is 0 Å². The summed E-state index contributed by atoms with van der Waals surface area (Å²) in [6.45, 7) is 9.35. The van der Waals surface area contributed by atoms with Crippen LogP contribution in [0.1, 0.15) is 121 Å². The molecule has 6 aromatic rings. The molecule has 3 amide bonds. The number of rotatable bonds is 14. The minimum atomic E-state index is -0.598. The largest absolute Gasteiger partial charge is 0.361 e. The SMILES string of the molecule is CCn1nc(C2CC2)cc1Nc1nc(CCCCCCCc2cccc3c2CN(C2CCC(=O)NC2=O)C3=O)nc2[nH]c3cc(-c4c(C)noc4C)c(C)cc3c12. The number of piperidine rings is 1. The Kier molecular flexibility index (Phi) is 9.62. The number of hydrogen-bond donors (Lipinski definition) is 3. The van der Waals surface area contributed by atoms with Gasteiger partial charge < -0.3 is 19.7 Å². The Morgan fingerprint density at radius 1 is 0.930 bits per heavy atom. The third-order valence-corrected chi connectivity index (χ3v) is 12.0. The van der Waals surface area contributed by atoms with Gasteiger partial charge in [0.15, 0.2) is 0 Å². The normalized spacial score (nSPS) is 16.9. The molecule has 2 aliphatic heterocycles. The summed E-state index contributed by atoms with van der Waals surface area (Å²) in [5, 5.41) is 17.2. The Labute approximate surface area is 331 Å². The van der Waals surface area contributed by atoms with Gasteiger partial charge in [-0.15, -0.1) is 0 Å². The van der Waals surface area contributed by atoms with Crippen molar-refractivity contribution in [3.05, 3.63) is 81.6 Å². The molecule has 9 rings (SSSR count). The highest BCUT2D eigenvalue weighted by atomic mass is 16.5. The molecule has 0 bridgehead atoms. The summed E-state index contributed by atoms with van der Waals surface area (Å²) in [5.41, 5.74) is 9.90. The van der Waals surface area contributed by atoms with Crippen LogP contribution in [0.5, 0.6) is 0 Å². The lowest BCUT2D eigenvalue weighted by atomic mass is 9.97. The van der Waals surface area contributed by atoms with E-state index in [1.54, 1.807) is 4.90 Å². The van der Waals surface area contributed by atoms with Crippen molar-refractivity contribution in [2.75, 3.05) is 5.32 Å². The van der Waals surface area contributed by atoms with Gasteiger partial charge in [-0.2, -0.15) is 5.10 Å². The quantitative estimate of drug-likeness (QED) is 0.0736. The number of benzene rings is 2. The van der Waals surface area contributed by atoms with E-state index in [4.69, 9.17) is 19.6 Å². The van der Waals surface area contributed by atoms with Crippen LogP contribution in [0.2, 0.25) is 0 Å². The summed E-state index contributed by atoms with van der Waals surface area (Å²) in [7, 11) is 0. The van der Waals surface area contributed by atoms with Crippen molar-refractivity contribution in [3.63, 3.8) is 0 Å². The van der Waals surface area contributed by atoms with Gasteiger partial charge in [0.2, 0.25) is 11.8 Å². The first kappa shape index (κ1) is 36.8. The first-order chi connectivity index (χ1) is 27.7. The maximum absolute atomic E-state index is 13.3. The molecule has 3 N–H and O–H groups in total. The zero-order valence-electron chi connectivity index (χ0n) is 33.1. The Hall–Kier alpha value is -5.85. The first-order valence-corrected chi connectivity index (χ1v) is 20.5. The molecule has 294 valence electrons. The summed E-state index contributed by atoms with van der Waals surface area (Å²) >= 11 is 0. The number of imide groups is 1. The number of anilines is 2. The van der Waals surface area contributed by atoms with Crippen molar-refractivity contribution in [2.24, 2.45) is 0 Å². The van der Waals surface area contributed by atoms with E-state index in [1.165, 1.54) is 18.4 Å². The van der Waals surface area contributed by atoms with E-state index >= 15 is 0 Å². The number of carbonyl (C=O) groups is 3. The Morgan fingerprint density at radius 3 is 2.49 bits per heavy atom. The standard InChI is InChI=1S/C44H49N9O4/c1-5-53-37(22-33(50-53)28-16-17-28)48-42-40-31-20-24(2)30(39-25(3)51-57-26(39)4)21-34(31)45-41(40)46-36(47-42)15-10-8-6-7-9-12-27-13-11-14-29-32(27)23-52(44(29)56)35-18-19-38(54)49-43(35)55/h11,13-14,20-22,28,35H,5-10,12,15-19,23H2,1-4H3,(H,49,54,55)(H2,45,46,47,48). The number of nitrogens with one attached hydrogen (secondary N) is 3. The number of aromatic nitrogens is 6. The molecule has 2 aromatic carbocycles. The molecule has 13 heteroatoms. The molecule has 1 atom stereocenters. The van der Waals surface area contributed by atoms with E-state index in [1.807, 2.05) is 30.7 Å². The third-order valence-electron chi connectivity index (χ3n) is 12.0. The highest BCUT2D eigenvalue weighted by molar-refractivity contribution is 6.13. The number of unbranched alkanes of at least 4 members (excludes halogenated alkanes) is 4. The second-order valence-corrected chi connectivity index (χ2v) is 16.0. The van der Waals surface area contributed by atoms with Crippen LogP contribution in [-0.4, -0.2) is 58.6 Å². The summed E-state index contributed by atoms with van der Waals surface area (Å²) in [5.74, 6) is 3.10. The molecule has 2 fully saturated rings. The van der Waals surface area contributed by atoms with Gasteiger partial charge in [-0.25, -0.2) is 14.6 Å². The number of H-pyrrole nitrogens is 1. The Morgan fingerprint density at radius 2 is 1.74 bits per heavy atom. The summed E-state index contributed by atoms with van der Waals surface area (Å²) in [6.07, 6.45) is 9.83. The summed E-state index contributed by atoms with van der Waals surface area (Å²) in [6, 6.07) is 11.9. The second-order valence-electron chi connectivity index (χ2n) is 16.0. The lowest BCUT2D eigenvalue weighted by molar-refractivity contribution is -0.136. The average molecular weight is 768 g/mol. The Balaban J connectivity index is 0.886. The van der Waals surface area contributed by atoms with Gasteiger partial charge in [0.1, 0.15) is 34.9 Å². The molecule has 1 saturated carbocycles. The summed E-state index contributed by atoms with van der Waals surface area (Å²) < 4.78 is 7.56. The third kappa shape index (κ3) is 6.97. The van der Waals surface area contributed by atoms with E-state index in [0.29, 0.717) is 24.4 Å². The van der Waals surface area contributed by atoms with Gasteiger partial charge in [0, 0.05) is 59.9 Å². The molecule has 6 heterocycles. The minimum absolute atomic E-state index is 0.122. The van der Waals surface area contributed by atoms with Crippen LogP contribution in [0.15, 0.2) is 40.9 Å². The molecule has 1 unspecified atom stereocenters. The molecule has 13 nitrogen and oxygen atoms in total. The van der Waals surface area contributed by atoms with Gasteiger partial charge in [0.05, 0.1) is 16.8 Å². The van der Waals surface area contributed by atoms with Gasteiger partial charge in [-0.05, 0) is 107 Å². The van der Waals surface area contributed by atoms with Crippen molar-refractivity contribution in [2.45, 2.75) is 123 Å². The van der Waals surface area contributed by atoms with E-state index in [2.05, 4.69) is 58.9 Å². The smallest absolute Gasteiger partial charge is 0.255 e. The number of nitrogens with zero attached hydrogens (tertiary/aromatic N) is 6. The maximum Gasteiger partial charge on any atom is 0.255 e. The minimum Gasteiger partial charge on any atom is -0.361 e. The van der Waals surface area contributed by atoms with Gasteiger partial charge in [-0.1, -0.05) is 36.6 Å². The van der Waals surface area contributed by atoms with E-state index in [0.717, 1.165) is 130 Å². The molecule has 57 heavy (non-hydrogen) atoms. The average Bonchev–Trinajstić information content (AvgIpc) is 3.58. The fourth-order valence-electron chi connectivity index (χ4n) is 8.83. The van der Waals surface area contributed by atoms with Crippen LogP contribution in [-0.2, 0) is 35.5 Å². The number of carbonyl (C=O) groups excluding carboxylic acids is 3. The van der Waals surface area contributed by atoms with Crippen molar-refractivity contribution in [3.8, 4) is 11.1 Å². The molecule has 1 saturated heterocycles. The predicted octanol–water partition coefficient (Wildman–Crippen LogP) is 8.03. The van der Waals surface area contributed by atoms with Crippen LogP contribution < -0.4 is 10.6 Å². The van der Waals surface area contributed by atoms with Crippen LogP contribution in [0.4, 0.5) is 11.6 Å². The fourth-order valence-corrected chi connectivity index (χ4v) is 8.83. The number of amides is 3. The molecule has 0 spiro atoms. The molecular formula is C44H49N9O4. The molecule has 0 radical (unpaired) electrons. The number of aryl methyl sites for hydroxylation is 6. The number of fused-ring (bicyclic) bond motifs is 4. The van der Waals surface area contributed by atoms with Crippen LogP contribution in [0.25, 0.3) is 33.1 Å². The van der Waals surface area contributed by atoms with Crippen molar-refractivity contribution in [1.82, 2.24) is 40.1 Å². The van der Waals surface area contributed by atoms with E-state index in [-0.39, 0.29) is 24.1 Å². The predicted molar refractivity (Wildman–Crippen MR) is 217 cm³/mol. The highest BCUT2D eigenvalue weighted by Gasteiger charge is 2.39. The molecule has 4 aromatic heterocycles. The van der Waals surface area contributed by atoms with Gasteiger partial charge >= 0.3 is 0 Å². The lowest BCUT2D eigenvalue weighted by Gasteiger charge is -2.29. The monoisotopic (exact) mass is 767 g/mol. The molecule has 1 aliphatic carbocycles. The Bertz CT molecular complexity index is 2540. The van der Waals surface area contributed by atoms with Gasteiger partial charge in [-0.3, -0.25) is 19.7 Å². The van der Waals surface area contributed by atoms with E-state index in [9.17, 15) is 14.4 Å². The zero-order chi connectivity index (χ0) is 39.4. The van der Waals surface area contributed by atoms with E-state index < -0.39 is 6.04 Å². The van der Waals surface area contributed by atoms with Crippen molar-refractivity contribution in [1.29, 1.82) is 0 Å². The van der Waals surface area contributed by atoms with Crippen molar-refractivity contribution >= 4 is 51.3 Å². The highest BCUT2D eigenvalue weighted by Crippen LogP contribution is 2.41. The van der Waals surface area contributed by atoms with Crippen molar-refractivity contribution < 1.29 is 18.9 Å². The fraction of sp³-hybridized carbons (Fsp3) is 0.432. The van der Waals surface area contributed by atoms with Gasteiger partial charge in [0.25, 0.3) is 5.91 Å². The topological polar surface area (TPSA) is 164 Å².